The maximum Gasteiger partial charge on any atom is 0.132 e. The minimum absolute atomic E-state index is 0.199. The van der Waals surface area contributed by atoms with Crippen LogP contribution in [0.1, 0.15) is 30.4 Å². The number of nitrogens with one attached hydrogen (secondary N) is 1. The van der Waals surface area contributed by atoms with Crippen LogP contribution in [0.15, 0.2) is 48.7 Å². The Morgan fingerprint density at radius 2 is 1.92 bits per heavy atom. The lowest BCUT2D eigenvalue weighted by Gasteiger charge is -2.11. The van der Waals surface area contributed by atoms with E-state index in [0.717, 1.165) is 32.6 Å². The molecule has 5 heteroatoms. The van der Waals surface area contributed by atoms with Crippen molar-refractivity contribution >= 4 is 23.0 Å². The largest absolute Gasteiger partial charge is 0.387 e. The van der Waals surface area contributed by atoms with E-state index in [1.807, 2.05) is 63.2 Å². The molecule has 1 atom stereocenters. The molecule has 0 aliphatic rings. The number of nitrogens with zero attached hydrogens (tertiary/aromatic N) is 2. The molecule has 0 bridgehead atoms. The SMILES string of the molecule is Cc1ccnc(Nc2cccc(-c3ccc(C(O)C(C)C)s3)n2)c1. The van der Waals surface area contributed by atoms with Crippen LogP contribution in [0.4, 0.5) is 11.6 Å². The van der Waals surface area contributed by atoms with Gasteiger partial charge in [-0.3, -0.25) is 0 Å². The summed E-state index contributed by atoms with van der Waals surface area (Å²) >= 11 is 1.58. The standard InChI is InChI=1S/C19H21N3OS/c1-12(2)19(23)16-8-7-15(24-16)14-5-4-6-17(21-14)22-18-11-13(3)9-10-20-18/h4-12,19,23H,1-3H3,(H,20,21,22). The Morgan fingerprint density at radius 1 is 1.08 bits per heavy atom. The molecule has 0 saturated carbocycles. The number of aromatic nitrogens is 2. The van der Waals surface area contributed by atoms with Crippen molar-refractivity contribution in [2.45, 2.75) is 26.9 Å². The highest BCUT2D eigenvalue weighted by molar-refractivity contribution is 7.15. The van der Waals surface area contributed by atoms with Gasteiger partial charge in [0, 0.05) is 11.1 Å². The monoisotopic (exact) mass is 339 g/mol. The van der Waals surface area contributed by atoms with Crippen LogP contribution in [0.2, 0.25) is 0 Å². The zero-order valence-electron chi connectivity index (χ0n) is 14.0. The highest BCUT2D eigenvalue weighted by Crippen LogP contribution is 2.33. The molecule has 24 heavy (non-hydrogen) atoms. The lowest BCUT2D eigenvalue weighted by molar-refractivity contribution is 0.130. The third-order valence-corrected chi connectivity index (χ3v) is 4.90. The Kier molecular flexibility index (Phi) is 4.92. The average molecular weight is 339 g/mol. The van der Waals surface area contributed by atoms with E-state index in [1.165, 1.54) is 0 Å². The number of thiophene rings is 1. The summed E-state index contributed by atoms with van der Waals surface area (Å²) < 4.78 is 0. The fraction of sp³-hybridized carbons (Fsp3) is 0.263. The fourth-order valence-corrected chi connectivity index (χ4v) is 3.49. The summed E-state index contributed by atoms with van der Waals surface area (Å²) in [5.41, 5.74) is 2.04. The molecule has 0 spiro atoms. The third-order valence-electron chi connectivity index (χ3n) is 3.72. The van der Waals surface area contributed by atoms with Crippen molar-refractivity contribution in [1.29, 1.82) is 0 Å². The van der Waals surface area contributed by atoms with Gasteiger partial charge in [0.05, 0.1) is 16.7 Å². The summed E-state index contributed by atoms with van der Waals surface area (Å²) in [6.45, 7) is 6.06. The second-order valence-corrected chi connectivity index (χ2v) is 7.26. The van der Waals surface area contributed by atoms with Crippen molar-refractivity contribution < 1.29 is 5.11 Å². The van der Waals surface area contributed by atoms with Gasteiger partial charge in [-0.25, -0.2) is 9.97 Å². The third kappa shape index (κ3) is 3.80. The van der Waals surface area contributed by atoms with Gasteiger partial charge in [0.15, 0.2) is 0 Å². The predicted molar refractivity (Wildman–Crippen MR) is 99.6 cm³/mol. The van der Waals surface area contributed by atoms with E-state index in [1.54, 1.807) is 17.5 Å². The van der Waals surface area contributed by atoms with Crippen LogP contribution >= 0.6 is 11.3 Å². The molecule has 4 nitrogen and oxygen atoms in total. The van der Waals surface area contributed by atoms with Gasteiger partial charge < -0.3 is 10.4 Å². The van der Waals surface area contributed by atoms with E-state index >= 15 is 0 Å². The molecular formula is C19H21N3OS. The first-order valence-electron chi connectivity index (χ1n) is 7.98. The Labute approximate surface area is 146 Å². The van der Waals surface area contributed by atoms with E-state index in [4.69, 9.17) is 0 Å². The lowest BCUT2D eigenvalue weighted by atomic mass is 10.1. The normalized spacial score (nSPS) is 12.4. The van der Waals surface area contributed by atoms with Gasteiger partial charge in [-0.1, -0.05) is 19.9 Å². The molecule has 0 radical (unpaired) electrons. The molecule has 3 heterocycles. The minimum Gasteiger partial charge on any atom is -0.387 e. The maximum atomic E-state index is 10.2. The van der Waals surface area contributed by atoms with Crippen molar-refractivity contribution in [1.82, 2.24) is 9.97 Å². The molecule has 0 amide bonds. The molecular weight excluding hydrogens is 318 g/mol. The first kappa shape index (κ1) is 16.6. The van der Waals surface area contributed by atoms with Gasteiger partial charge in [-0.15, -0.1) is 11.3 Å². The Hall–Kier alpha value is -2.24. The summed E-state index contributed by atoms with van der Waals surface area (Å²) in [4.78, 5) is 11.0. The first-order chi connectivity index (χ1) is 11.5. The van der Waals surface area contributed by atoms with Gasteiger partial charge in [0.2, 0.25) is 0 Å². The summed E-state index contributed by atoms with van der Waals surface area (Å²) in [5, 5.41) is 13.4. The second kappa shape index (κ2) is 7.11. The van der Waals surface area contributed by atoms with Crippen molar-refractivity contribution in [2.24, 2.45) is 5.92 Å². The van der Waals surface area contributed by atoms with Gasteiger partial charge in [-0.05, 0) is 54.8 Å². The summed E-state index contributed by atoms with van der Waals surface area (Å²) in [6.07, 6.45) is 1.35. The van der Waals surface area contributed by atoms with E-state index in [2.05, 4.69) is 15.3 Å². The molecule has 0 aliphatic heterocycles. The average Bonchev–Trinajstić information content (AvgIpc) is 3.04. The maximum absolute atomic E-state index is 10.2. The van der Waals surface area contributed by atoms with Crippen LogP contribution in [0, 0.1) is 12.8 Å². The molecule has 124 valence electrons. The zero-order valence-corrected chi connectivity index (χ0v) is 14.8. The molecule has 3 aromatic rings. The topological polar surface area (TPSA) is 58.0 Å². The number of hydrogen-bond acceptors (Lipinski definition) is 5. The zero-order chi connectivity index (χ0) is 17.1. The Balaban J connectivity index is 1.83. The van der Waals surface area contributed by atoms with Gasteiger partial charge >= 0.3 is 0 Å². The summed E-state index contributed by atoms with van der Waals surface area (Å²) in [5.74, 6) is 1.73. The molecule has 0 fully saturated rings. The van der Waals surface area contributed by atoms with Crippen molar-refractivity contribution in [3.8, 4) is 10.6 Å². The summed E-state index contributed by atoms with van der Waals surface area (Å²) in [7, 11) is 0. The molecule has 0 saturated heterocycles. The van der Waals surface area contributed by atoms with Gasteiger partial charge in [0.25, 0.3) is 0 Å². The van der Waals surface area contributed by atoms with Gasteiger partial charge in [0.1, 0.15) is 11.6 Å². The molecule has 2 N–H and O–H groups in total. The van der Waals surface area contributed by atoms with E-state index in [0.29, 0.717) is 0 Å². The van der Waals surface area contributed by atoms with Crippen molar-refractivity contribution in [3.63, 3.8) is 0 Å². The molecule has 0 aliphatic carbocycles. The highest BCUT2D eigenvalue weighted by atomic mass is 32.1. The van der Waals surface area contributed by atoms with Crippen LogP contribution in [0.25, 0.3) is 10.6 Å². The van der Waals surface area contributed by atoms with E-state index in [9.17, 15) is 5.11 Å². The quantitative estimate of drug-likeness (QED) is 0.691. The van der Waals surface area contributed by atoms with Crippen LogP contribution in [0.5, 0.6) is 0 Å². The molecule has 0 aromatic carbocycles. The van der Waals surface area contributed by atoms with Crippen LogP contribution in [-0.2, 0) is 0 Å². The number of aliphatic hydroxyl groups excluding tert-OH is 1. The molecule has 3 aromatic heterocycles. The first-order valence-corrected chi connectivity index (χ1v) is 8.79. The lowest BCUT2D eigenvalue weighted by Crippen LogP contribution is -2.02. The smallest absolute Gasteiger partial charge is 0.132 e. The predicted octanol–water partition coefficient (Wildman–Crippen LogP) is 4.95. The number of pyridine rings is 2. The number of aryl methyl sites for hydroxylation is 1. The molecule has 3 rings (SSSR count). The summed E-state index contributed by atoms with van der Waals surface area (Å²) in [6, 6.07) is 13.8. The number of anilines is 2. The van der Waals surface area contributed by atoms with E-state index in [-0.39, 0.29) is 5.92 Å². The number of aliphatic hydroxyl groups is 1. The van der Waals surface area contributed by atoms with Crippen LogP contribution < -0.4 is 5.32 Å². The van der Waals surface area contributed by atoms with Crippen LogP contribution in [-0.4, -0.2) is 15.1 Å². The Morgan fingerprint density at radius 3 is 2.67 bits per heavy atom. The fourth-order valence-electron chi connectivity index (χ4n) is 2.36. The van der Waals surface area contributed by atoms with Crippen molar-refractivity contribution in [2.75, 3.05) is 5.32 Å². The van der Waals surface area contributed by atoms with E-state index < -0.39 is 6.10 Å². The molecule has 1 unspecified atom stereocenters. The number of rotatable bonds is 5. The minimum atomic E-state index is -0.429. The van der Waals surface area contributed by atoms with Gasteiger partial charge in [-0.2, -0.15) is 0 Å². The highest BCUT2D eigenvalue weighted by Gasteiger charge is 2.15. The second-order valence-electron chi connectivity index (χ2n) is 6.14. The van der Waals surface area contributed by atoms with Crippen molar-refractivity contribution in [3.05, 3.63) is 59.1 Å². The number of hydrogen-bond donors (Lipinski definition) is 2. The van der Waals surface area contributed by atoms with Crippen LogP contribution in [0.3, 0.4) is 0 Å². The Bertz CT molecular complexity index is 829.